The van der Waals surface area contributed by atoms with Gasteiger partial charge in [-0.05, 0) is 38.1 Å². The first-order valence-electron chi connectivity index (χ1n) is 8.62. The van der Waals surface area contributed by atoms with Gasteiger partial charge in [0.05, 0.1) is 18.6 Å². The van der Waals surface area contributed by atoms with E-state index in [0.29, 0.717) is 17.5 Å². The highest BCUT2D eigenvalue weighted by Crippen LogP contribution is 2.24. The van der Waals surface area contributed by atoms with Crippen molar-refractivity contribution in [1.82, 2.24) is 30.4 Å². The Hall–Kier alpha value is -3.14. The summed E-state index contributed by atoms with van der Waals surface area (Å²) in [4.78, 5) is 27.8. The Morgan fingerprint density at radius 1 is 1.25 bits per heavy atom. The maximum atomic E-state index is 12.0. The van der Waals surface area contributed by atoms with Gasteiger partial charge in [0.15, 0.2) is 11.0 Å². The Labute approximate surface area is 165 Å². The number of nitrogens with zero attached hydrogens (tertiary/aromatic N) is 4. The Bertz CT molecular complexity index is 924. The van der Waals surface area contributed by atoms with E-state index in [1.54, 1.807) is 24.7 Å². The molecule has 3 rings (SSSR count). The van der Waals surface area contributed by atoms with E-state index in [-0.39, 0.29) is 11.8 Å². The van der Waals surface area contributed by atoms with Crippen molar-refractivity contribution in [3.05, 3.63) is 48.7 Å². The lowest BCUT2D eigenvalue weighted by Gasteiger charge is -2.10. The fraction of sp³-hybridized carbons (Fsp3) is 0.278. The van der Waals surface area contributed by atoms with E-state index in [9.17, 15) is 9.59 Å². The van der Waals surface area contributed by atoms with Crippen LogP contribution in [0.1, 0.15) is 19.6 Å². The normalized spacial score (nSPS) is 10.8. The molecule has 0 aliphatic rings. The zero-order chi connectivity index (χ0) is 19.9. The van der Waals surface area contributed by atoms with Gasteiger partial charge in [0.2, 0.25) is 5.91 Å². The van der Waals surface area contributed by atoms with E-state index in [1.807, 2.05) is 36.6 Å². The van der Waals surface area contributed by atoms with Gasteiger partial charge in [-0.1, -0.05) is 11.8 Å². The number of amides is 3. The number of rotatable bonds is 7. The summed E-state index contributed by atoms with van der Waals surface area (Å²) < 4.78 is 7.28. The molecule has 3 aromatic rings. The predicted octanol–water partition coefficient (Wildman–Crippen LogP) is 2.31. The first kappa shape index (κ1) is 19.6. The van der Waals surface area contributed by atoms with Gasteiger partial charge >= 0.3 is 6.03 Å². The third-order valence-corrected chi connectivity index (χ3v) is 4.50. The SMILES string of the molecule is CC(C)NC(=O)NC(=O)CSc1nnc(-c2cccnc2)n1Cc1ccco1. The van der Waals surface area contributed by atoms with Gasteiger partial charge in [-0.2, -0.15) is 0 Å². The van der Waals surface area contributed by atoms with E-state index in [4.69, 9.17) is 4.42 Å². The second-order valence-electron chi connectivity index (χ2n) is 6.18. The number of hydrogen-bond acceptors (Lipinski definition) is 7. The van der Waals surface area contributed by atoms with E-state index >= 15 is 0 Å². The molecule has 0 bridgehead atoms. The second kappa shape index (κ2) is 9.18. The lowest BCUT2D eigenvalue weighted by Crippen LogP contribution is -2.43. The molecule has 0 fully saturated rings. The van der Waals surface area contributed by atoms with Gasteiger partial charge in [0.25, 0.3) is 0 Å². The molecule has 0 aliphatic heterocycles. The molecule has 3 amide bonds. The number of hydrogen-bond donors (Lipinski definition) is 2. The van der Waals surface area contributed by atoms with E-state index in [0.717, 1.165) is 11.3 Å². The average Bonchev–Trinajstić information content (AvgIpc) is 3.30. The summed E-state index contributed by atoms with van der Waals surface area (Å²) in [6.07, 6.45) is 4.97. The van der Waals surface area contributed by atoms with Gasteiger partial charge in [-0.3, -0.25) is 19.7 Å². The molecule has 28 heavy (non-hydrogen) atoms. The van der Waals surface area contributed by atoms with Gasteiger partial charge in [-0.25, -0.2) is 4.79 Å². The summed E-state index contributed by atoms with van der Waals surface area (Å²) in [5, 5.41) is 13.9. The molecule has 0 radical (unpaired) electrons. The van der Waals surface area contributed by atoms with Crippen LogP contribution in [0, 0.1) is 0 Å². The fourth-order valence-electron chi connectivity index (χ4n) is 2.40. The quantitative estimate of drug-likeness (QED) is 0.585. The van der Waals surface area contributed by atoms with Crippen LogP contribution in [0.2, 0.25) is 0 Å². The van der Waals surface area contributed by atoms with Crippen molar-refractivity contribution in [2.24, 2.45) is 0 Å². The van der Waals surface area contributed by atoms with Crippen LogP contribution in [0.4, 0.5) is 4.79 Å². The average molecular weight is 400 g/mol. The van der Waals surface area contributed by atoms with E-state index in [1.165, 1.54) is 11.8 Å². The van der Waals surface area contributed by atoms with Crippen molar-refractivity contribution >= 4 is 23.7 Å². The molecule has 0 aromatic carbocycles. The number of furan rings is 1. The summed E-state index contributed by atoms with van der Waals surface area (Å²) >= 11 is 1.19. The van der Waals surface area contributed by atoms with Crippen molar-refractivity contribution in [2.75, 3.05) is 5.75 Å². The monoisotopic (exact) mass is 400 g/mol. The molecule has 146 valence electrons. The molecule has 0 atom stereocenters. The maximum Gasteiger partial charge on any atom is 0.321 e. The van der Waals surface area contributed by atoms with Gasteiger partial charge in [-0.15, -0.1) is 10.2 Å². The number of pyridine rings is 1. The van der Waals surface area contributed by atoms with Gasteiger partial charge < -0.3 is 9.73 Å². The summed E-state index contributed by atoms with van der Waals surface area (Å²) in [7, 11) is 0. The van der Waals surface area contributed by atoms with Crippen LogP contribution in [0.15, 0.2) is 52.5 Å². The topological polar surface area (TPSA) is 115 Å². The van der Waals surface area contributed by atoms with E-state index in [2.05, 4.69) is 25.8 Å². The van der Waals surface area contributed by atoms with Crippen LogP contribution in [0.25, 0.3) is 11.4 Å². The minimum atomic E-state index is -0.520. The molecule has 0 saturated heterocycles. The van der Waals surface area contributed by atoms with Gasteiger partial charge in [0.1, 0.15) is 5.76 Å². The highest BCUT2D eigenvalue weighted by molar-refractivity contribution is 7.99. The third kappa shape index (κ3) is 5.19. The minimum absolute atomic E-state index is 0.0227. The van der Waals surface area contributed by atoms with Crippen LogP contribution >= 0.6 is 11.8 Å². The van der Waals surface area contributed by atoms with Crippen molar-refractivity contribution in [3.63, 3.8) is 0 Å². The van der Waals surface area contributed by atoms with Crippen molar-refractivity contribution in [1.29, 1.82) is 0 Å². The van der Waals surface area contributed by atoms with Crippen LogP contribution in [0.5, 0.6) is 0 Å². The molecule has 0 spiro atoms. The zero-order valence-electron chi connectivity index (χ0n) is 15.5. The number of aromatic nitrogens is 4. The van der Waals surface area contributed by atoms with Crippen molar-refractivity contribution in [2.45, 2.75) is 31.6 Å². The Balaban J connectivity index is 1.74. The van der Waals surface area contributed by atoms with Crippen LogP contribution in [0.3, 0.4) is 0 Å². The molecular formula is C18H20N6O3S. The second-order valence-corrected chi connectivity index (χ2v) is 7.12. The van der Waals surface area contributed by atoms with Crippen LogP contribution in [-0.2, 0) is 11.3 Å². The summed E-state index contributed by atoms with van der Waals surface area (Å²) in [5.41, 5.74) is 0.800. The number of urea groups is 1. The smallest absolute Gasteiger partial charge is 0.321 e. The Morgan fingerprint density at radius 3 is 2.79 bits per heavy atom. The largest absolute Gasteiger partial charge is 0.467 e. The number of carbonyl (C=O) groups is 2. The minimum Gasteiger partial charge on any atom is -0.467 e. The molecule has 9 nitrogen and oxygen atoms in total. The highest BCUT2D eigenvalue weighted by atomic mass is 32.2. The first-order chi connectivity index (χ1) is 13.5. The summed E-state index contributed by atoms with van der Waals surface area (Å²) in [6, 6.07) is 6.77. The molecule has 3 aromatic heterocycles. The van der Waals surface area contributed by atoms with Crippen LogP contribution in [-0.4, -0.2) is 43.5 Å². The standard InChI is InChI=1S/C18H20N6O3S/c1-12(2)20-17(26)21-15(25)11-28-18-23-22-16(13-5-3-7-19-9-13)24(18)10-14-6-4-8-27-14/h3-9,12H,10-11H2,1-2H3,(H2,20,21,25,26). The molecule has 3 heterocycles. The summed E-state index contributed by atoms with van der Waals surface area (Å²) in [6.45, 7) is 4.04. The van der Waals surface area contributed by atoms with Crippen molar-refractivity contribution in [3.8, 4) is 11.4 Å². The molecule has 0 unspecified atom stereocenters. The summed E-state index contributed by atoms with van der Waals surface area (Å²) in [5.74, 6) is 0.950. The lowest BCUT2D eigenvalue weighted by atomic mass is 10.2. The predicted molar refractivity (Wildman–Crippen MR) is 104 cm³/mol. The maximum absolute atomic E-state index is 12.0. The lowest BCUT2D eigenvalue weighted by molar-refractivity contribution is -0.117. The number of carbonyl (C=O) groups excluding carboxylic acids is 2. The zero-order valence-corrected chi connectivity index (χ0v) is 16.3. The number of imide groups is 1. The van der Waals surface area contributed by atoms with Crippen LogP contribution < -0.4 is 10.6 Å². The molecule has 0 saturated carbocycles. The molecule has 10 heteroatoms. The third-order valence-electron chi connectivity index (χ3n) is 3.54. The molecule has 0 aliphatic carbocycles. The Morgan fingerprint density at radius 2 is 2.11 bits per heavy atom. The van der Waals surface area contributed by atoms with Gasteiger partial charge in [0, 0.05) is 24.0 Å². The molecular weight excluding hydrogens is 380 g/mol. The first-order valence-corrected chi connectivity index (χ1v) is 9.60. The van der Waals surface area contributed by atoms with E-state index < -0.39 is 11.9 Å². The fourth-order valence-corrected chi connectivity index (χ4v) is 3.13. The molecule has 2 N–H and O–H groups in total. The Kier molecular flexibility index (Phi) is 6.43. The number of thioether (sulfide) groups is 1. The highest BCUT2D eigenvalue weighted by Gasteiger charge is 2.18. The van der Waals surface area contributed by atoms with Crippen molar-refractivity contribution < 1.29 is 14.0 Å². The number of nitrogens with one attached hydrogen (secondary N) is 2.